The Morgan fingerprint density at radius 3 is 2.54 bits per heavy atom. The summed E-state index contributed by atoms with van der Waals surface area (Å²) in [7, 11) is 0. The molecule has 0 aliphatic carbocycles. The molecule has 76 valence electrons. The lowest BCUT2D eigenvalue weighted by molar-refractivity contribution is -0.130. The summed E-state index contributed by atoms with van der Waals surface area (Å²) < 4.78 is 5.27. The van der Waals surface area contributed by atoms with E-state index >= 15 is 0 Å². The zero-order chi connectivity index (χ0) is 10.3. The number of nitrogens with one attached hydrogen (secondary N) is 1. The molecular formula is C9H17NO3. The lowest BCUT2D eigenvalue weighted by Gasteiger charge is -2.09. The molecule has 4 nitrogen and oxygen atoms in total. The summed E-state index contributed by atoms with van der Waals surface area (Å²) in [5.74, 6) is -0.607. The molecule has 0 aromatic carbocycles. The lowest BCUT2D eigenvalue weighted by Crippen LogP contribution is -2.29. The highest BCUT2D eigenvalue weighted by atomic mass is 16.5. The molecule has 0 saturated carbocycles. The van der Waals surface area contributed by atoms with Gasteiger partial charge in [-0.3, -0.25) is 14.9 Å². The molecule has 0 fully saturated rings. The Morgan fingerprint density at radius 1 is 1.46 bits per heavy atom. The molecule has 4 heteroatoms. The largest absolute Gasteiger partial charge is 0.378 e. The third-order valence-electron chi connectivity index (χ3n) is 1.62. The van der Waals surface area contributed by atoms with Crippen molar-refractivity contribution in [3.8, 4) is 0 Å². The second kappa shape index (κ2) is 6.60. The van der Waals surface area contributed by atoms with Gasteiger partial charge in [0.05, 0.1) is 19.1 Å². The van der Waals surface area contributed by atoms with Gasteiger partial charge in [0.25, 0.3) is 0 Å². The van der Waals surface area contributed by atoms with Gasteiger partial charge in [-0.05, 0) is 13.3 Å². The van der Waals surface area contributed by atoms with Gasteiger partial charge in [-0.2, -0.15) is 0 Å². The van der Waals surface area contributed by atoms with Gasteiger partial charge in [-0.25, -0.2) is 0 Å². The molecule has 0 aromatic rings. The van der Waals surface area contributed by atoms with Gasteiger partial charge in [0.1, 0.15) is 0 Å². The molecule has 1 atom stereocenters. The lowest BCUT2D eigenvalue weighted by atomic mass is 10.3. The fourth-order valence-corrected chi connectivity index (χ4v) is 0.729. The van der Waals surface area contributed by atoms with Crippen LogP contribution in [0.1, 0.15) is 33.6 Å². The predicted molar refractivity (Wildman–Crippen MR) is 49.1 cm³/mol. The van der Waals surface area contributed by atoms with E-state index < -0.39 is 0 Å². The Labute approximate surface area is 78.6 Å². The van der Waals surface area contributed by atoms with E-state index in [2.05, 4.69) is 5.32 Å². The molecule has 2 amide bonds. The molecule has 0 spiro atoms. The van der Waals surface area contributed by atoms with Crippen molar-refractivity contribution < 1.29 is 14.3 Å². The number of ether oxygens (including phenoxy) is 1. The molecule has 0 heterocycles. The van der Waals surface area contributed by atoms with Gasteiger partial charge in [-0.1, -0.05) is 6.92 Å². The number of amides is 2. The highest BCUT2D eigenvalue weighted by Gasteiger charge is 2.04. The van der Waals surface area contributed by atoms with E-state index in [1.807, 2.05) is 13.8 Å². The molecule has 0 bridgehead atoms. The molecule has 0 aliphatic heterocycles. The monoisotopic (exact) mass is 187 g/mol. The van der Waals surface area contributed by atoms with Crippen molar-refractivity contribution in [1.82, 2.24) is 5.32 Å². The zero-order valence-corrected chi connectivity index (χ0v) is 8.42. The maximum atomic E-state index is 10.9. The van der Waals surface area contributed by atoms with E-state index in [1.165, 1.54) is 6.92 Å². The first kappa shape index (κ1) is 12.1. The van der Waals surface area contributed by atoms with Crippen molar-refractivity contribution >= 4 is 11.8 Å². The fourth-order valence-electron chi connectivity index (χ4n) is 0.729. The van der Waals surface area contributed by atoms with Crippen LogP contribution in [-0.2, 0) is 14.3 Å². The fraction of sp³-hybridized carbons (Fsp3) is 0.778. The first-order chi connectivity index (χ1) is 6.06. The zero-order valence-electron chi connectivity index (χ0n) is 8.42. The normalized spacial score (nSPS) is 12.2. The Kier molecular flexibility index (Phi) is 6.14. The SMILES string of the molecule is CCC(C)OCCC(=O)NC(C)=O. The third-order valence-corrected chi connectivity index (χ3v) is 1.62. The number of hydrogen-bond donors (Lipinski definition) is 1. The Morgan fingerprint density at radius 2 is 2.08 bits per heavy atom. The number of hydrogen-bond acceptors (Lipinski definition) is 3. The summed E-state index contributed by atoms with van der Waals surface area (Å²) in [6.07, 6.45) is 1.34. The number of carbonyl (C=O) groups is 2. The van der Waals surface area contributed by atoms with Crippen LogP contribution in [-0.4, -0.2) is 24.5 Å². The maximum Gasteiger partial charge on any atom is 0.228 e. The first-order valence-corrected chi connectivity index (χ1v) is 4.48. The smallest absolute Gasteiger partial charge is 0.228 e. The highest BCUT2D eigenvalue weighted by molar-refractivity contribution is 5.93. The van der Waals surface area contributed by atoms with Gasteiger partial charge >= 0.3 is 0 Å². The second-order valence-corrected chi connectivity index (χ2v) is 2.94. The summed E-state index contributed by atoms with van der Waals surface area (Å²) in [6, 6.07) is 0. The van der Waals surface area contributed by atoms with Gasteiger partial charge in [0.15, 0.2) is 0 Å². The van der Waals surface area contributed by atoms with Crippen molar-refractivity contribution in [1.29, 1.82) is 0 Å². The van der Waals surface area contributed by atoms with Crippen molar-refractivity contribution in [2.45, 2.75) is 39.7 Å². The van der Waals surface area contributed by atoms with Crippen molar-refractivity contribution in [2.75, 3.05) is 6.61 Å². The van der Waals surface area contributed by atoms with Crippen LogP contribution in [0.25, 0.3) is 0 Å². The summed E-state index contributed by atoms with van der Waals surface area (Å²) >= 11 is 0. The summed E-state index contributed by atoms with van der Waals surface area (Å²) in [4.78, 5) is 21.3. The molecular weight excluding hydrogens is 170 g/mol. The van der Waals surface area contributed by atoms with Crippen LogP contribution in [0.3, 0.4) is 0 Å². The molecule has 0 aliphatic rings. The van der Waals surface area contributed by atoms with Crippen LogP contribution < -0.4 is 5.32 Å². The van der Waals surface area contributed by atoms with E-state index in [1.54, 1.807) is 0 Å². The number of carbonyl (C=O) groups excluding carboxylic acids is 2. The van der Waals surface area contributed by atoms with E-state index in [0.29, 0.717) is 6.61 Å². The van der Waals surface area contributed by atoms with Gasteiger partial charge < -0.3 is 4.74 Å². The molecule has 1 unspecified atom stereocenters. The maximum absolute atomic E-state index is 10.9. The minimum Gasteiger partial charge on any atom is -0.378 e. The van der Waals surface area contributed by atoms with Crippen LogP contribution in [0, 0.1) is 0 Å². The molecule has 1 N–H and O–H groups in total. The molecule has 0 radical (unpaired) electrons. The van der Waals surface area contributed by atoms with E-state index in [0.717, 1.165) is 6.42 Å². The van der Waals surface area contributed by atoms with Crippen molar-refractivity contribution in [3.63, 3.8) is 0 Å². The average Bonchev–Trinajstić information content (AvgIpc) is 2.02. The van der Waals surface area contributed by atoms with E-state index in [4.69, 9.17) is 4.74 Å². The highest BCUT2D eigenvalue weighted by Crippen LogP contribution is 1.96. The van der Waals surface area contributed by atoms with Crippen LogP contribution in [0.4, 0.5) is 0 Å². The standard InChI is InChI=1S/C9H17NO3/c1-4-7(2)13-6-5-9(12)10-8(3)11/h7H,4-6H2,1-3H3,(H,10,11,12). The Hall–Kier alpha value is -0.900. The number of imide groups is 1. The molecule has 13 heavy (non-hydrogen) atoms. The second-order valence-electron chi connectivity index (χ2n) is 2.94. The summed E-state index contributed by atoms with van der Waals surface area (Å²) in [5, 5.41) is 2.18. The Balaban J connectivity index is 3.42. The van der Waals surface area contributed by atoms with Gasteiger partial charge in [-0.15, -0.1) is 0 Å². The van der Waals surface area contributed by atoms with Crippen molar-refractivity contribution in [3.05, 3.63) is 0 Å². The van der Waals surface area contributed by atoms with E-state index in [-0.39, 0.29) is 24.3 Å². The van der Waals surface area contributed by atoms with Crippen LogP contribution in [0.15, 0.2) is 0 Å². The topological polar surface area (TPSA) is 55.4 Å². The minimum absolute atomic E-state index is 0.171. The first-order valence-electron chi connectivity index (χ1n) is 4.48. The molecule has 0 rings (SSSR count). The van der Waals surface area contributed by atoms with Crippen LogP contribution in [0.2, 0.25) is 0 Å². The molecule has 0 saturated heterocycles. The third kappa shape index (κ3) is 7.46. The quantitative estimate of drug-likeness (QED) is 0.694. The van der Waals surface area contributed by atoms with Gasteiger partial charge in [0.2, 0.25) is 11.8 Å². The van der Waals surface area contributed by atoms with Crippen LogP contribution >= 0.6 is 0 Å². The van der Waals surface area contributed by atoms with Gasteiger partial charge in [0, 0.05) is 6.92 Å². The summed E-state index contributed by atoms with van der Waals surface area (Å²) in [6.45, 7) is 5.64. The van der Waals surface area contributed by atoms with Crippen LogP contribution in [0.5, 0.6) is 0 Å². The minimum atomic E-state index is -0.325. The predicted octanol–water partition coefficient (Wildman–Crippen LogP) is 0.854. The Bertz CT molecular complexity index is 180. The summed E-state index contributed by atoms with van der Waals surface area (Å²) in [5.41, 5.74) is 0. The average molecular weight is 187 g/mol. The van der Waals surface area contributed by atoms with E-state index in [9.17, 15) is 9.59 Å². The molecule has 0 aromatic heterocycles. The van der Waals surface area contributed by atoms with Crippen molar-refractivity contribution in [2.24, 2.45) is 0 Å². The number of rotatable bonds is 5.